The highest BCUT2D eigenvalue weighted by Gasteiger charge is 2.35. The first kappa shape index (κ1) is 20.3. The number of alkyl halides is 3. The number of pyridine rings is 1. The van der Waals surface area contributed by atoms with Crippen LogP contribution in [0.4, 0.5) is 13.2 Å². The summed E-state index contributed by atoms with van der Waals surface area (Å²) in [5, 5.41) is 4.81. The zero-order valence-electron chi connectivity index (χ0n) is 17.0. The number of nitrogens with zero attached hydrogens (tertiary/aromatic N) is 6. The van der Waals surface area contributed by atoms with Gasteiger partial charge in [-0.3, -0.25) is 9.88 Å². The molecule has 0 amide bonds. The molecule has 0 atom stereocenters. The summed E-state index contributed by atoms with van der Waals surface area (Å²) < 4.78 is 40.6. The average Bonchev–Trinajstić information content (AvgIpc) is 3.23. The van der Waals surface area contributed by atoms with Crippen molar-refractivity contribution in [1.29, 1.82) is 0 Å². The van der Waals surface area contributed by atoms with E-state index in [2.05, 4.69) is 19.9 Å². The van der Waals surface area contributed by atoms with Crippen LogP contribution in [0.5, 0.6) is 0 Å². The van der Waals surface area contributed by atoms with Gasteiger partial charge in [-0.15, -0.1) is 0 Å². The lowest BCUT2D eigenvalue weighted by molar-refractivity contribution is -0.145. The fourth-order valence-corrected chi connectivity index (χ4v) is 3.88. The van der Waals surface area contributed by atoms with Crippen LogP contribution < -0.4 is 0 Å². The number of rotatable bonds is 4. The number of hydrogen-bond acceptors (Lipinski definition) is 5. The maximum absolute atomic E-state index is 12.9. The van der Waals surface area contributed by atoms with E-state index in [0.29, 0.717) is 31.7 Å². The maximum atomic E-state index is 12.9. The Morgan fingerprint density at radius 3 is 2.53 bits per heavy atom. The van der Waals surface area contributed by atoms with Crippen LogP contribution in [0.15, 0.2) is 67.3 Å². The molecule has 4 heterocycles. The van der Waals surface area contributed by atoms with E-state index in [4.69, 9.17) is 5.10 Å². The summed E-state index contributed by atoms with van der Waals surface area (Å²) in [4.78, 5) is 13.5. The van der Waals surface area contributed by atoms with E-state index in [1.165, 1.54) is 6.20 Å². The van der Waals surface area contributed by atoms with E-state index in [-0.39, 0.29) is 0 Å². The SMILES string of the molecule is FC(F)(F)c1ncc2c(n1)CCN(Cc1cn(-c3ccccc3)nc1-c1ccncc1)C2. The number of fused-ring (bicyclic) bond motifs is 1. The molecule has 0 radical (unpaired) electrons. The van der Waals surface area contributed by atoms with Crippen molar-refractivity contribution in [2.24, 2.45) is 0 Å². The third-order valence-corrected chi connectivity index (χ3v) is 5.42. The van der Waals surface area contributed by atoms with Gasteiger partial charge in [0.05, 0.1) is 17.1 Å². The Kier molecular flexibility index (Phi) is 5.18. The lowest BCUT2D eigenvalue weighted by Gasteiger charge is -2.28. The van der Waals surface area contributed by atoms with Crippen molar-refractivity contribution in [2.75, 3.05) is 6.54 Å². The van der Waals surface area contributed by atoms with Gasteiger partial charge in [-0.2, -0.15) is 18.3 Å². The van der Waals surface area contributed by atoms with Gasteiger partial charge in [-0.1, -0.05) is 18.2 Å². The number of aromatic nitrogens is 5. The highest BCUT2D eigenvalue weighted by Crippen LogP contribution is 2.29. The van der Waals surface area contributed by atoms with Crippen LogP contribution in [-0.4, -0.2) is 36.2 Å². The number of hydrogen-bond donors (Lipinski definition) is 0. The third kappa shape index (κ3) is 4.11. The Labute approximate surface area is 182 Å². The molecule has 0 fully saturated rings. The van der Waals surface area contributed by atoms with E-state index in [9.17, 15) is 13.2 Å². The van der Waals surface area contributed by atoms with E-state index < -0.39 is 12.0 Å². The van der Waals surface area contributed by atoms with E-state index >= 15 is 0 Å². The molecule has 4 aromatic rings. The fraction of sp³-hybridized carbons (Fsp3) is 0.217. The quantitative estimate of drug-likeness (QED) is 0.477. The third-order valence-electron chi connectivity index (χ3n) is 5.42. The van der Waals surface area contributed by atoms with Gasteiger partial charge < -0.3 is 0 Å². The zero-order valence-corrected chi connectivity index (χ0v) is 17.0. The summed E-state index contributed by atoms with van der Waals surface area (Å²) in [5.41, 5.74) is 4.98. The predicted molar refractivity (Wildman–Crippen MR) is 112 cm³/mol. The predicted octanol–water partition coefficient (Wildman–Crippen LogP) is 4.30. The summed E-state index contributed by atoms with van der Waals surface area (Å²) in [6, 6.07) is 13.7. The summed E-state index contributed by atoms with van der Waals surface area (Å²) in [7, 11) is 0. The van der Waals surface area contributed by atoms with E-state index in [0.717, 1.165) is 28.1 Å². The van der Waals surface area contributed by atoms with Gasteiger partial charge in [0.2, 0.25) is 5.82 Å². The fourth-order valence-electron chi connectivity index (χ4n) is 3.88. The summed E-state index contributed by atoms with van der Waals surface area (Å²) in [6.07, 6.45) is 2.68. The Hall–Kier alpha value is -3.59. The molecule has 6 nitrogen and oxygen atoms in total. The van der Waals surface area contributed by atoms with Crippen molar-refractivity contribution < 1.29 is 13.2 Å². The Bertz CT molecular complexity index is 1220. The van der Waals surface area contributed by atoms with Gasteiger partial charge in [0, 0.05) is 67.5 Å². The van der Waals surface area contributed by atoms with Gasteiger partial charge in [-0.25, -0.2) is 14.6 Å². The molecule has 3 aromatic heterocycles. The zero-order chi connectivity index (χ0) is 22.1. The molecule has 0 unspecified atom stereocenters. The lowest BCUT2D eigenvalue weighted by Crippen LogP contribution is -2.31. The second kappa shape index (κ2) is 8.16. The second-order valence-corrected chi connectivity index (χ2v) is 7.64. The van der Waals surface area contributed by atoms with E-state index in [1.54, 1.807) is 12.4 Å². The molecule has 0 N–H and O–H groups in total. The van der Waals surface area contributed by atoms with Gasteiger partial charge in [0.1, 0.15) is 0 Å². The molecule has 1 aliphatic rings. The first-order valence-electron chi connectivity index (χ1n) is 10.2. The van der Waals surface area contributed by atoms with Crippen LogP contribution in [0, 0.1) is 0 Å². The molecule has 32 heavy (non-hydrogen) atoms. The van der Waals surface area contributed by atoms with Crippen molar-refractivity contribution in [3.8, 4) is 16.9 Å². The molecule has 0 saturated heterocycles. The molecule has 1 aromatic carbocycles. The second-order valence-electron chi connectivity index (χ2n) is 7.64. The molecule has 162 valence electrons. The van der Waals surface area contributed by atoms with Crippen LogP contribution >= 0.6 is 0 Å². The highest BCUT2D eigenvalue weighted by molar-refractivity contribution is 5.62. The Morgan fingerprint density at radius 2 is 1.78 bits per heavy atom. The molecule has 0 aliphatic carbocycles. The standard InChI is InChI=1S/C23H19F3N6/c24-23(25,26)22-28-12-17-13-31(11-8-20(17)29-22)14-18-15-32(19-4-2-1-3-5-19)30-21(18)16-6-9-27-10-7-16/h1-7,9-10,12,15H,8,11,13-14H2. The van der Waals surface area contributed by atoms with Crippen molar-refractivity contribution in [2.45, 2.75) is 25.7 Å². The highest BCUT2D eigenvalue weighted by atomic mass is 19.4. The van der Waals surface area contributed by atoms with Crippen LogP contribution in [0.3, 0.4) is 0 Å². The van der Waals surface area contributed by atoms with Gasteiger partial charge in [0.25, 0.3) is 0 Å². The molecule has 0 saturated carbocycles. The van der Waals surface area contributed by atoms with Crippen molar-refractivity contribution in [3.63, 3.8) is 0 Å². The number of para-hydroxylation sites is 1. The number of benzene rings is 1. The van der Waals surface area contributed by atoms with Crippen molar-refractivity contribution in [1.82, 2.24) is 29.6 Å². The monoisotopic (exact) mass is 436 g/mol. The van der Waals surface area contributed by atoms with Crippen LogP contribution in [0.25, 0.3) is 16.9 Å². The summed E-state index contributed by atoms with van der Waals surface area (Å²) in [6.45, 7) is 1.69. The van der Waals surface area contributed by atoms with Crippen molar-refractivity contribution in [3.05, 3.63) is 89.9 Å². The lowest BCUT2D eigenvalue weighted by atomic mass is 10.0. The summed E-state index contributed by atoms with van der Waals surface area (Å²) >= 11 is 0. The van der Waals surface area contributed by atoms with Crippen LogP contribution in [-0.2, 0) is 25.7 Å². The minimum atomic E-state index is -4.53. The average molecular weight is 436 g/mol. The van der Waals surface area contributed by atoms with Crippen LogP contribution in [0.1, 0.15) is 22.6 Å². The summed E-state index contributed by atoms with van der Waals surface area (Å²) in [5.74, 6) is -1.08. The first-order valence-corrected chi connectivity index (χ1v) is 10.2. The minimum absolute atomic E-state index is 0.443. The minimum Gasteiger partial charge on any atom is -0.294 e. The van der Waals surface area contributed by atoms with Gasteiger partial charge in [-0.05, 0) is 24.3 Å². The first-order chi connectivity index (χ1) is 15.5. The maximum Gasteiger partial charge on any atom is 0.451 e. The Balaban J connectivity index is 1.43. The van der Waals surface area contributed by atoms with Gasteiger partial charge >= 0.3 is 6.18 Å². The molecular formula is C23H19F3N6. The van der Waals surface area contributed by atoms with E-state index in [1.807, 2.05) is 53.3 Å². The topological polar surface area (TPSA) is 59.7 Å². The molecule has 0 spiro atoms. The molecular weight excluding hydrogens is 417 g/mol. The number of halogens is 3. The Morgan fingerprint density at radius 1 is 1.00 bits per heavy atom. The molecule has 5 rings (SSSR count). The molecule has 1 aliphatic heterocycles. The normalized spacial score (nSPS) is 14.3. The van der Waals surface area contributed by atoms with Gasteiger partial charge in [0.15, 0.2) is 0 Å². The van der Waals surface area contributed by atoms with Crippen LogP contribution in [0.2, 0.25) is 0 Å². The molecule has 0 bridgehead atoms. The molecule has 9 heteroatoms. The van der Waals surface area contributed by atoms with Crippen molar-refractivity contribution >= 4 is 0 Å². The largest absolute Gasteiger partial charge is 0.451 e. The smallest absolute Gasteiger partial charge is 0.294 e.